The highest BCUT2D eigenvalue weighted by atomic mass is 32.2. The van der Waals surface area contributed by atoms with Crippen molar-refractivity contribution in [2.45, 2.75) is 24.2 Å². The fraction of sp³-hybridized carbons (Fsp3) is 0.222. The van der Waals surface area contributed by atoms with E-state index < -0.39 is 6.10 Å². The van der Waals surface area contributed by atoms with Gasteiger partial charge < -0.3 is 14.4 Å². The van der Waals surface area contributed by atoms with Crippen LogP contribution in [0.1, 0.15) is 23.1 Å². The molecule has 6 rings (SSSR count). The molecule has 0 fully saturated rings. The Morgan fingerprint density at radius 1 is 0.914 bits per heavy atom. The van der Waals surface area contributed by atoms with Crippen LogP contribution in [0.2, 0.25) is 0 Å². The van der Waals surface area contributed by atoms with Crippen molar-refractivity contribution in [3.05, 3.63) is 95.8 Å². The van der Waals surface area contributed by atoms with Gasteiger partial charge in [-0.15, -0.1) is 10.2 Å². The normalized spacial score (nSPS) is 16.6. The molecule has 8 heteroatoms. The van der Waals surface area contributed by atoms with Gasteiger partial charge in [0.25, 0.3) is 0 Å². The van der Waals surface area contributed by atoms with Gasteiger partial charge in [-0.2, -0.15) is 0 Å². The van der Waals surface area contributed by atoms with Crippen LogP contribution in [0.25, 0.3) is 5.69 Å². The van der Waals surface area contributed by atoms with Crippen LogP contribution >= 0.6 is 11.8 Å². The molecular weight excluding hydrogens is 460 g/mol. The van der Waals surface area contributed by atoms with Crippen LogP contribution in [-0.4, -0.2) is 44.5 Å². The topological polar surface area (TPSA) is 69.5 Å². The van der Waals surface area contributed by atoms with Crippen molar-refractivity contribution in [3.63, 3.8) is 0 Å². The molecule has 1 amide bonds. The minimum absolute atomic E-state index is 0.0971. The molecule has 3 aromatic carbocycles. The van der Waals surface area contributed by atoms with E-state index in [0.29, 0.717) is 29.9 Å². The molecule has 35 heavy (non-hydrogen) atoms. The monoisotopic (exact) mass is 484 g/mol. The maximum Gasteiger partial charge on any atom is 0.233 e. The maximum absolute atomic E-state index is 13.1. The van der Waals surface area contributed by atoms with E-state index in [4.69, 9.17) is 9.47 Å². The molecular formula is C27H24N4O3S. The van der Waals surface area contributed by atoms with Crippen LogP contribution in [0.4, 0.5) is 0 Å². The van der Waals surface area contributed by atoms with Crippen LogP contribution in [0, 0.1) is 0 Å². The number of thioether (sulfide) groups is 1. The van der Waals surface area contributed by atoms with Gasteiger partial charge in [0.05, 0.1) is 5.75 Å². The number of nitrogens with zero attached hydrogens (tertiary/aromatic N) is 4. The van der Waals surface area contributed by atoms with Gasteiger partial charge in [-0.25, -0.2) is 0 Å². The SMILES string of the molecule is O=C(CSc1nnc([C@H]2COc3ccccc3O2)n1-c1ccccc1)N1CCc2ccccc2C1. The summed E-state index contributed by atoms with van der Waals surface area (Å²) in [4.78, 5) is 15.0. The van der Waals surface area contributed by atoms with Crippen molar-refractivity contribution in [1.82, 2.24) is 19.7 Å². The summed E-state index contributed by atoms with van der Waals surface area (Å²) in [5.74, 6) is 2.43. The lowest BCUT2D eigenvalue weighted by molar-refractivity contribution is -0.129. The molecule has 4 aromatic rings. The smallest absolute Gasteiger partial charge is 0.233 e. The van der Waals surface area contributed by atoms with E-state index in [1.165, 1.54) is 22.9 Å². The molecule has 0 radical (unpaired) electrons. The van der Waals surface area contributed by atoms with E-state index in [1.807, 2.05) is 70.1 Å². The van der Waals surface area contributed by atoms with Crippen LogP contribution in [-0.2, 0) is 17.8 Å². The molecule has 3 heterocycles. The van der Waals surface area contributed by atoms with Crippen molar-refractivity contribution in [2.24, 2.45) is 0 Å². The average molecular weight is 485 g/mol. The van der Waals surface area contributed by atoms with Crippen LogP contribution in [0.3, 0.4) is 0 Å². The number of hydrogen-bond donors (Lipinski definition) is 0. The number of para-hydroxylation sites is 3. The van der Waals surface area contributed by atoms with E-state index in [9.17, 15) is 4.79 Å². The highest BCUT2D eigenvalue weighted by Gasteiger charge is 2.30. The third-order valence-electron chi connectivity index (χ3n) is 6.28. The zero-order chi connectivity index (χ0) is 23.6. The summed E-state index contributed by atoms with van der Waals surface area (Å²) in [5, 5.41) is 9.57. The summed E-state index contributed by atoms with van der Waals surface area (Å²) < 4.78 is 14.1. The van der Waals surface area contributed by atoms with E-state index in [-0.39, 0.29) is 11.7 Å². The zero-order valence-corrected chi connectivity index (χ0v) is 19.9. The van der Waals surface area contributed by atoms with Crippen molar-refractivity contribution in [2.75, 3.05) is 18.9 Å². The molecule has 1 atom stereocenters. The Hall–Kier alpha value is -3.78. The summed E-state index contributed by atoms with van der Waals surface area (Å²) in [6.45, 7) is 1.72. The molecule has 7 nitrogen and oxygen atoms in total. The summed E-state index contributed by atoms with van der Waals surface area (Å²) in [6.07, 6.45) is 0.471. The second-order valence-electron chi connectivity index (χ2n) is 8.50. The van der Waals surface area contributed by atoms with Gasteiger partial charge >= 0.3 is 0 Å². The highest BCUT2D eigenvalue weighted by Crippen LogP contribution is 2.37. The Morgan fingerprint density at radius 2 is 1.66 bits per heavy atom. The molecule has 0 spiro atoms. The van der Waals surface area contributed by atoms with Gasteiger partial charge in [0.1, 0.15) is 6.61 Å². The average Bonchev–Trinajstić information content (AvgIpc) is 3.35. The van der Waals surface area contributed by atoms with Crippen molar-refractivity contribution < 1.29 is 14.3 Å². The first-order valence-corrected chi connectivity index (χ1v) is 12.6. The Morgan fingerprint density at radius 3 is 2.51 bits per heavy atom. The van der Waals surface area contributed by atoms with E-state index in [1.54, 1.807) is 0 Å². The lowest BCUT2D eigenvalue weighted by Crippen LogP contribution is -2.37. The number of amides is 1. The van der Waals surface area contributed by atoms with E-state index in [0.717, 1.165) is 24.4 Å². The van der Waals surface area contributed by atoms with Crippen LogP contribution < -0.4 is 9.47 Å². The Labute approximate surface area is 207 Å². The number of rotatable bonds is 5. The third-order valence-corrected chi connectivity index (χ3v) is 7.19. The Kier molecular flexibility index (Phi) is 5.88. The highest BCUT2D eigenvalue weighted by molar-refractivity contribution is 7.99. The van der Waals surface area contributed by atoms with Crippen LogP contribution in [0.15, 0.2) is 84.0 Å². The number of fused-ring (bicyclic) bond motifs is 2. The molecule has 0 bridgehead atoms. The van der Waals surface area contributed by atoms with Crippen LogP contribution in [0.5, 0.6) is 11.5 Å². The minimum atomic E-state index is -0.416. The van der Waals surface area contributed by atoms with Crippen molar-refractivity contribution >= 4 is 17.7 Å². The second kappa shape index (κ2) is 9.46. The molecule has 2 aliphatic rings. The lowest BCUT2D eigenvalue weighted by Gasteiger charge is -2.28. The molecule has 0 aliphatic carbocycles. The number of ether oxygens (including phenoxy) is 2. The van der Waals surface area contributed by atoms with Gasteiger partial charge in [0, 0.05) is 18.8 Å². The van der Waals surface area contributed by atoms with Gasteiger partial charge in [-0.05, 0) is 41.8 Å². The van der Waals surface area contributed by atoms with Crippen molar-refractivity contribution in [1.29, 1.82) is 0 Å². The molecule has 0 saturated heterocycles. The number of carbonyl (C=O) groups excluding carboxylic acids is 1. The third kappa shape index (κ3) is 4.37. The van der Waals surface area contributed by atoms with Gasteiger partial charge in [-0.1, -0.05) is 66.4 Å². The maximum atomic E-state index is 13.1. The standard InChI is InChI=1S/C27H24N4O3S/c32-25(30-15-14-19-8-4-5-9-20(19)16-30)18-35-27-29-28-26(31(27)21-10-2-1-3-11-21)24-17-33-22-12-6-7-13-23(22)34-24/h1-13,24H,14-18H2/t24-/m1/s1. The van der Waals surface area contributed by atoms with Gasteiger partial charge in [0.15, 0.2) is 28.6 Å². The summed E-state index contributed by atoms with van der Waals surface area (Å²) in [5.41, 5.74) is 3.47. The fourth-order valence-corrected chi connectivity index (χ4v) is 5.34. The van der Waals surface area contributed by atoms with Crippen molar-refractivity contribution in [3.8, 4) is 17.2 Å². The quantitative estimate of drug-likeness (QED) is 0.390. The molecule has 0 unspecified atom stereocenters. The first-order valence-electron chi connectivity index (χ1n) is 11.6. The molecule has 0 N–H and O–H groups in total. The minimum Gasteiger partial charge on any atom is -0.485 e. The fourth-order valence-electron chi connectivity index (χ4n) is 4.48. The Balaban J connectivity index is 1.23. The predicted octanol–water partition coefficient (Wildman–Crippen LogP) is 4.46. The largest absolute Gasteiger partial charge is 0.485 e. The zero-order valence-electron chi connectivity index (χ0n) is 19.0. The summed E-state index contributed by atoms with van der Waals surface area (Å²) in [6, 6.07) is 25.8. The predicted molar refractivity (Wildman–Crippen MR) is 133 cm³/mol. The molecule has 2 aliphatic heterocycles. The first-order chi connectivity index (χ1) is 17.3. The number of carbonyl (C=O) groups is 1. The molecule has 1 aromatic heterocycles. The Bertz CT molecular complexity index is 1360. The second-order valence-corrected chi connectivity index (χ2v) is 9.44. The lowest BCUT2D eigenvalue weighted by atomic mass is 10.00. The number of hydrogen-bond acceptors (Lipinski definition) is 6. The summed E-state index contributed by atoms with van der Waals surface area (Å²) in [7, 11) is 0. The first kappa shape index (κ1) is 21.7. The molecule has 176 valence electrons. The van der Waals surface area contributed by atoms with E-state index in [2.05, 4.69) is 28.4 Å². The number of benzene rings is 3. The summed E-state index contributed by atoms with van der Waals surface area (Å²) >= 11 is 1.40. The molecule has 0 saturated carbocycles. The van der Waals surface area contributed by atoms with Gasteiger partial charge in [-0.3, -0.25) is 9.36 Å². The van der Waals surface area contributed by atoms with E-state index >= 15 is 0 Å². The van der Waals surface area contributed by atoms with Gasteiger partial charge in [0.2, 0.25) is 5.91 Å². The number of aromatic nitrogens is 3.